The molecule has 0 aromatic heterocycles. The highest BCUT2D eigenvalue weighted by atomic mass is 35.5. The Kier molecular flexibility index (Phi) is 13.9. The zero-order valence-corrected chi connectivity index (χ0v) is 16.4. The number of nitrogens with two attached hydrogens (primary N) is 1. The average molecular weight is 374 g/mol. The summed E-state index contributed by atoms with van der Waals surface area (Å²) >= 11 is 0. The van der Waals surface area contributed by atoms with E-state index in [-0.39, 0.29) is 25.6 Å². The molecule has 1 aromatic rings. The van der Waals surface area contributed by atoms with Crippen LogP contribution in [0.2, 0.25) is 0 Å². The van der Waals surface area contributed by atoms with Crippen LogP contribution in [0.3, 0.4) is 0 Å². The summed E-state index contributed by atoms with van der Waals surface area (Å²) in [5, 5.41) is 18.4. The second kappa shape index (κ2) is 14.4. The minimum atomic E-state index is -0.897. The van der Waals surface area contributed by atoms with Gasteiger partial charge in [-0.25, -0.2) is 0 Å². The van der Waals surface area contributed by atoms with Crippen LogP contribution in [0.1, 0.15) is 63.9 Å². The Morgan fingerprint density at radius 1 is 0.920 bits per heavy atom. The molecule has 0 saturated carbocycles. The molecule has 146 valence electrons. The fourth-order valence-corrected chi connectivity index (χ4v) is 2.60. The van der Waals surface area contributed by atoms with E-state index >= 15 is 0 Å². The first kappa shape index (κ1) is 24.2. The highest BCUT2D eigenvalue weighted by Gasteiger charge is 2.22. The van der Waals surface area contributed by atoms with E-state index in [2.05, 4.69) is 6.92 Å². The number of hydrogen-bond donors (Lipinski definition) is 3. The third kappa shape index (κ3) is 10.7. The normalized spacial score (nSPS) is 11.2. The average Bonchev–Trinajstić information content (AvgIpc) is 2.63. The Bertz CT molecular complexity index is 421. The predicted octanol–water partition coefficient (Wildman–Crippen LogP) is 3.85. The second-order valence-electron chi connectivity index (χ2n) is 6.79. The summed E-state index contributed by atoms with van der Waals surface area (Å²) in [7, 11) is 0. The van der Waals surface area contributed by atoms with Crippen molar-refractivity contribution in [3.63, 3.8) is 0 Å². The third-order valence-corrected chi connectivity index (χ3v) is 4.48. The predicted molar refractivity (Wildman–Crippen MR) is 107 cm³/mol. The van der Waals surface area contributed by atoms with Crippen molar-refractivity contribution < 1.29 is 14.9 Å². The fourth-order valence-electron chi connectivity index (χ4n) is 2.60. The smallest absolute Gasteiger partial charge is 0.119 e. The van der Waals surface area contributed by atoms with Gasteiger partial charge in [-0.1, -0.05) is 57.6 Å². The number of hydrogen-bond acceptors (Lipinski definition) is 4. The second-order valence-corrected chi connectivity index (χ2v) is 6.79. The molecular weight excluding hydrogens is 338 g/mol. The first-order valence-corrected chi connectivity index (χ1v) is 9.36. The van der Waals surface area contributed by atoms with Crippen molar-refractivity contribution in [1.82, 2.24) is 0 Å². The van der Waals surface area contributed by atoms with Gasteiger partial charge in [0.25, 0.3) is 0 Å². The largest absolute Gasteiger partial charge is 0.494 e. The van der Waals surface area contributed by atoms with Crippen LogP contribution in [0.25, 0.3) is 0 Å². The molecule has 0 spiro atoms. The van der Waals surface area contributed by atoms with Crippen molar-refractivity contribution in [3.8, 4) is 5.75 Å². The first-order chi connectivity index (χ1) is 11.6. The molecule has 25 heavy (non-hydrogen) atoms. The van der Waals surface area contributed by atoms with Crippen LogP contribution in [-0.2, 0) is 6.42 Å². The zero-order chi connectivity index (χ0) is 17.7. The number of unbranched alkanes of at least 4 members (excludes halogenated alkanes) is 6. The number of aliphatic hydroxyl groups is 2. The SMILES string of the molecule is CCCCCCCCCOc1ccc(CCC(N)(CO)CO)cc1.Cl. The lowest BCUT2D eigenvalue weighted by atomic mass is 9.94. The van der Waals surface area contributed by atoms with E-state index in [1.54, 1.807) is 0 Å². The number of ether oxygens (including phenoxy) is 1. The number of aliphatic hydroxyl groups excluding tert-OH is 2. The van der Waals surface area contributed by atoms with E-state index in [1.165, 1.54) is 38.5 Å². The standard InChI is InChI=1S/C20H35NO3.ClH/c1-2-3-4-5-6-7-8-15-24-19-11-9-18(10-12-19)13-14-20(21,16-22)17-23;/h9-12,22-23H,2-8,13-17,21H2,1H3;1H. The number of aryl methyl sites for hydroxylation is 1. The van der Waals surface area contributed by atoms with Crippen molar-refractivity contribution in [2.45, 2.75) is 70.3 Å². The monoisotopic (exact) mass is 373 g/mol. The molecule has 1 aromatic carbocycles. The molecule has 4 N–H and O–H groups in total. The summed E-state index contributed by atoms with van der Waals surface area (Å²) in [4.78, 5) is 0. The molecule has 0 atom stereocenters. The topological polar surface area (TPSA) is 75.7 Å². The van der Waals surface area contributed by atoms with Gasteiger partial charge < -0.3 is 20.7 Å². The minimum Gasteiger partial charge on any atom is -0.494 e. The molecular formula is C20H36ClNO3. The highest BCUT2D eigenvalue weighted by Crippen LogP contribution is 2.17. The maximum atomic E-state index is 9.20. The molecule has 0 amide bonds. The molecule has 0 aliphatic rings. The zero-order valence-electron chi connectivity index (χ0n) is 15.6. The maximum Gasteiger partial charge on any atom is 0.119 e. The van der Waals surface area contributed by atoms with Gasteiger partial charge >= 0.3 is 0 Å². The quantitative estimate of drug-likeness (QED) is 0.433. The number of benzene rings is 1. The Labute approximate surface area is 159 Å². The van der Waals surface area contributed by atoms with E-state index in [1.807, 2.05) is 24.3 Å². The third-order valence-electron chi connectivity index (χ3n) is 4.48. The van der Waals surface area contributed by atoms with E-state index in [0.29, 0.717) is 6.42 Å². The summed E-state index contributed by atoms with van der Waals surface area (Å²) in [6, 6.07) is 8.00. The first-order valence-electron chi connectivity index (χ1n) is 9.36. The van der Waals surface area contributed by atoms with Crippen molar-refractivity contribution in [2.24, 2.45) is 5.73 Å². The van der Waals surface area contributed by atoms with Gasteiger partial charge in [0, 0.05) is 0 Å². The van der Waals surface area contributed by atoms with Crippen LogP contribution in [-0.4, -0.2) is 35.6 Å². The van der Waals surface area contributed by atoms with Crippen LogP contribution >= 0.6 is 12.4 Å². The van der Waals surface area contributed by atoms with Gasteiger partial charge in [-0.3, -0.25) is 0 Å². The summed E-state index contributed by atoms with van der Waals surface area (Å²) in [6.07, 6.45) is 10.3. The molecule has 5 heteroatoms. The molecule has 0 saturated heterocycles. The Morgan fingerprint density at radius 3 is 2.04 bits per heavy atom. The molecule has 0 unspecified atom stereocenters. The van der Waals surface area contributed by atoms with Gasteiger partial charge in [-0.15, -0.1) is 12.4 Å². The van der Waals surface area contributed by atoms with Crippen LogP contribution in [0, 0.1) is 0 Å². The van der Waals surface area contributed by atoms with Crippen LogP contribution in [0.15, 0.2) is 24.3 Å². The van der Waals surface area contributed by atoms with Gasteiger partial charge in [0.2, 0.25) is 0 Å². The summed E-state index contributed by atoms with van der Waals surface area (Å²) in [5.74, 6) is 0.896. The lowest BCUT2D eigenvalue weighted by Crippen LogP contribution is -2.47. The van der Waals surface area contributed by atoms with Gasteiger partial charge in [-0.05, 0) is 37.0 Å². The van der Waals surface area contributed by atoms with Crippen molar-refractivity contribution in [2.75, 3.05) is 19.8 Å². The molecule has 0 fully saturated rings. The molecule has 0 bridgehead atoms. The van der Waals surface area contributed by atoms with Crippen LogP contribution in [0.4, 0.5) is 0 Å². The Morgan fingerprint density at radius 2 is 1.48 bits per heavy atom. The van der Waals surface area contributed by atoms with Gasteiger partial charge in [0.15, 0.2) is 0 Å². The van der Waals surface area contributed by atoms with Gasteiger partial charge in [0.1, 0.15) is 5.75 Å². The molecule has 4 nitrogen and oxygen atoms in total. The minimum absolute atomic E-state index is 0. The molecule has 1 rings (SSSR count). The van der Waals surface area contributed by atoms with Crippen molar-refractivity contribution in [1.29, 1.82) is 0 Å². The molecule has 0 aliphatic carbocycles. The van der Waals surface area contributed by atoms with E-state index in [9.17, 15) is 10.2 Å². The van der Waals surface area contributed by atoms with Crippen LogP contribution in [0.5, 0.6) is 5.75 Å². The van der Waals surface area contributed by atoms with E-state index < -0.39 is 5.54 Å². The molecule has 0 radical (unpaired) electrons. The maximum absolute atomic E-state index is 9.20. The van der Waals surface area contributed by atoms with E-state index in [4.69, 9.17) is 10.5 Å². The lowest BCUT2D eigenvalue weighted by molar-refractivity contribution is 0.115. The van der Waals surface area contributed by atoms with Crippen LogP contribution < -0.4 is 10.5 Å². The number of rotatable bonds is 14. The molecule has 0 heterocycles. The Hall–Kier alpha value is -0.810. The van der Waals surface area contributed by atoms with Gasteiger partial charge in [0.05, 0.1) is 25.4 Å². The Balaban J connectivity index is 0.00000576. The fraction of sp³-hybridized carbons (Fsp3) is 0.700. The molecule has 0 aliphatic heterocycles. The highest BCUT2D eigenvalue weighted by molar-refractivity contribution is 5.85. The van der Waals surface area contributed by atoms with Crippen molar-refractivity contribution in [3.05, 3.63) is 29.8 Å². The lowest BCUT2D eigenvalue weighted by Gasteiger charge is -2.24. The van der Waals surface area contributed by atoms with E-state index in [0.717, 1.165) is 30.8 Å². The summed E-state index contributed by atoms with van der Waals surface area (Å²) < 4.78 is 5.77. The van der Waals surface area contributed by atoms with Gasteiger partial charge in [-0.2, -0.15) is 0 Å². The van der Waals surface area contributed by atoms with Crippen molar-refractivity contribution >= 4 is 12.4 Å². The summed E-state index contributed by atoms with van der Waals surface area (Å²) in [5.41, 5.74) is 6.12. The summed E-state index contributed by atoms with van der Waals surface area (Å²) in [6.45, 7) is 2.60. The number of halogens is 1.